The number of hydrogen-bond donors (Lipinski definition) is 1. The molecule has 16 heavy (non-hydrogen) atoms. The molecule has 1 amide bonds. The summed E-state index contributed by atoms with van der Waals surface area (Å²) in [5.41, 5.74) is 5.74. The predicted molar refractivity (Wildman–Crippen MR) is 69.7 cm³/mol. The van der Waals surface area contributed by atoms with E-state index >= 15 is 0 Å². The van der Waals surface area contributed by atoms with Crippen LogP contribution in [0.2, 0.25) is 0 Å². The van der Waals surface area contributed by atoms with Crippen molar-refractivity contribution < 1.29 is 4.79 Å². The fraction of sp³-hybridized carbons (Fsp3) is 0.917. The Bertz CT molecular complexity index is 215. The maximum Gasteiger partial charge on any atom is 0.226 e. The van der Waals surface area contributed by atoms with E-state index in [-0.39, 0.29) is 30.3 Å². The van der Waals surface area contributed by atoms with Gasteiger partial charge in [0.15, 0.2) is 0 Å². The van der Waals surface area contributed by atoms with Crippen molar-refractivity contribution in [3.05, 3.63) is 0 Å². The molecule has 0 radical (unpaired) electrons. The molecule has 0 aromatic heterocycles. The van der Waals surface area contributed by atoms with E-state index < -0.39 is 0 Å². The van der Waals surface area contributed by atoms with Crippen LogP contribution in [0.15, 0.2) is 0 Å². The van der Waals surface area contributed by atoms with Gasteiger partial charge in [0.2, 0.25) is 5.91 Å². The van der Waals surface area contributed by atoms with Crippen molar-refractivity contribution in [3.63, 3.8) is 0 Å². The van der Waals surface area contributed by atoms with Gasteiger partial charge in [-0.15, -0.1) is 12.4 Å². The van der Waals surface area contributed by atoms with Gasteiger partial charge in [-0.3, -0.25) is 4.79 Å². The van der Waals surface area contributed by atoms with Gasteiger partial charge in [-0.25, -0.2) is 0 Å². The second-order valence-corrected chi connectivity index (χ2v) is 5.02. The van der Waals surface area contributed by atoms with E-state index in [9.17, 15) is 4.79 Å². The summed E-state index contributed by atoms with van der Waals surface area (Å²) in [7, 11) is 1.90. The number of halogens is 1. The zero-order valence-corrected chi connectivity index (χ0v) is 11.4. The number of rotatable bonds is 4. The molecule has 96 valence electrons. The molecule has 0 spiro atoms. The van der Waals surface area contributed by atoms with Crippen molar-refractivity contribution in [1.29, 1.82) is 0 Å². The summed E-state index contributed by atoms with van der Waals surface area (Å²) in [5, 5.41) is 0. The summed E-state index contributed by atoms with van der Waals surface area (Å²) in [4.78, 5) is 13.8. The van der Waals surface area contributed by atoms with Gasteiger partial charge >= 0.3 is 0 Å². The van der Waals surface area contributed by atoms with E-state index in [4.69, 9.17) is 5.73 Å². The Morgan fingerprint density at radius 1 is 1.38 bits per heavy atom. The normalized spacial score (nSPS) is 20.0. The molecule has 4 heteroatoms. The molecule has 2 atom stereocenters. The highest BCUT2D eigenvalue weighted by Gasteiger charge is 2.24. The zero-order valence-electron chi connectivity index (χ0n) is 10.6. The maximum absolute atomic E-state index is 11.9. The molecule has 0 bridgehead atoms. The van der Waals surface area contributed by atoms with Gasteiger partial charge in [-0.05, 0) is 25.7 Å². The lowest BCUT2D eigenvalue weighted by atomic mass is 10.0. The van der Waals surface area contributed by atoms with Crippen LogP contribution >= 0.6 is 12.4 Å². The third kappa shape index (κ3) is 4.30. The highest BCUT2D eigenvalue weighted by molar-refractivity contribution is 5.85. The lowest BCUT2D eigenvalue weighted by Crippen LogP contribution is -2.41. The molecule has 0 aliphatic heterocycles. The predicted octanol–water partition coefficient (Wildman–Crippen LogP) is 2.04. The Morgan fingerprint density at radius 2 is 1.88 bits per heavy atom. The number of nitrogens with zero attached hydrogens (tertiary/aromatic N) is 1. The van der Waals surface area contributed by atoms with E-state index in [1.54, 1.807) is 0 Å². The van der Waals surface area contributed by atoms with Crippen molar-refractivity contribution in [2.75, 3.05) is 13.6 Å². The van der Waals surface area contributed by atoms with Crippen LogP contribution in [0.1, 0.15) is 39.5 Å². The molecule has 1 saturated carbocycles. The van der Waals surface area contributed by atoms with E-state index in [2.05, 4.69) is 0 Å². The van der Waals surface area contributed by atoms with Gasteiger partial charge in [-0.2, -0.15) is 0 Å². The molecule has 0 heterocycles. The average Bonchev–Trinajstić information content (AvgIpc) is 2.67. The monoisotopic (exact) mass is 248 g/mol. The number of hydrogen-bond acceptors (Lipinski definition) is 2. The van der Waals surface area contributed by atoms with Gasteiger partial charge in [0.1, 0.15) is 0 Å². The number of amides is 1. The molecule has 0 aromatic rings. The fourth-order valence-electron chi connectivity index (χ4n) is 2.24. The van der Waals surface area contributed by atoms with Crippen LogP contribution < -0.4 is 5.73 Å². The summed E-state index contributed by atoms with van der Waals surface area (Å²) in [6.07, 6.45) is 5.22. The van der Waals surface area contributed by atoms with Crippen LogP contribution in [0.3, 0.4) is 0 Å². The van der Waals surface area contributed by atoms with E-state index in [0.717, 1.165) is 12.5 Å². The Balaban J connectivity index is 0.00000225. The van der Waals surface area contributed by atoms with Gasteiger partial charge in [0.05, 0.1) is 5.92 Å². The first kappa shape index (κ1) is 15.7. The second-order valence-electron chi connectivity index (χ2n) is 5.02. The molecule has 1 rings (SSSR count). The van der Waals surface area contributed by atoms with Crippen molar-refractivity contribution in [1.82, 2.24) is 4.90 Å². The molecule has 1 aliphatic carbocycles. The minimum Gasteiger partial charge on any atom is -0.345 e. The Morgan fingerprint density at radius 3 is 2.31 bits per heavy atom. The smallest absolute Gasteiger partial charge is 0.226 e. The molecule has 3 nitrogen and oxygen atoms in total. The topological polar surface area (TPSA) is 46.3 Å². The SMILES string of the molecule is CC(N)C(C)C(=O)N(C)CC1CCCC1.Cl. The Hall–Kier alpha value is -0.280. The summed E-state index contributed by atoms with van der Waals surface area (Å²) in [6.45, 7) is 4.72. The average molecular weight is 249 g/mol. The quantitative estimate of drug-likeness (QED) is 0.828. The highest BCUT2D eigenvalue weighted by Crippen LogP contribution is 2.25. The van der Waals surface area contributed by atoms with Crippen LogP contribution in [0.5, 0.6) is 0 Å². The van der Waals surface area contributed by atoms with Crippen molar-refractivity contribution >= 4 is 18.3 Å². The second kappa shape index (κ2) is 7.13. The van der Waals surface area contributed by atoms with Crippen LogP contribution in [-0.2, 0) is 4.79 Å². The van der Waals surface area contributed by atoms with E-state index in [1.165, 1.54) is 25.7 Å². The third-order valence-corrected chi connectivity index (χ3v) is 3.56. The third-order valence-electron chi connectivity index (χ3n) is 3.56. The molecule has 2 unspecified atom stereocenters. The lowest BCUT2D eigenvalue weighted by molar-refractivity contribution is -0.134. The molecular weight excluding hydrogens is 224 g/mol. The summed E-state index contributed by atoms with van der Waals surface area (Å²) in [6, 6.07) is -0.0523. The maximum atomic E-state index is 11.9. The lowest BCUT2D eigenvalue weighted by Gasteiger charge is -2.25. The van der Waals surface area contributed by atoms with Crippen molar-refractivity contribution in [2.45, 2.75) is 45.6 Å². The number of carbonyl (C=O) groups is 1. The number of nitrogens with two attached hydrogens (primary N) is 1. The molecule has 1 aliphatic rings. The van der Waals surface area contributed by atoms with Crippen molar-refractivity contribution in [3.8, 4) is 0 Å². The van der Waals surface area contributed by atoms with E-state index in [0.29, 0.717) is 0 Å². The summed E-state index contributed by atoms with van der Waals surface area (Å²) in [5.74, 6) is 0.854. The van der Waals surface area contributed by atoms with Crippen LogP contribution in [0.25, 0.3) is 0 Å². The van der Waals surface area contributed by atoms with E-state index in [1.807, 2.05) is 25.8 Å². The first-order valence-corrected chi connectivity index (χ1v) is 6.03. The van der Waals surface area contributed by atoms with Crippen molar-refractivity contribution in [2.24, 2.45) is 17.6 Å². The number of carbonyl (C=O) groups excluding carboxylic acids is 1. The summed E-state index contributed by atoms with van der Waals surface area (Å²) < 4.78 is 0. The van der Waals surface area contributed by atoms with Crippen LogP contribution in [0, 0.1) is 11.8 Å². The minimum atomic E-state index is -0.0589. The van der Waals surface area contributed by atoms with Gasteiger partial charge in [0, 0.05) is 19.6 Å². The van der Waals surface area contributed by atoms with Gasteiger partial charge < -0.3 is 10.6 Å². The molecule has 2 N–H and O–H groups in total. The highest BCUT2D eigenvalue weighted by atomic mass is 35.5. The summed E-state index contributed by atoms with van der Waals surface area (Å²) >= 11 is 0. The first-order valence-electron chi connectivity index (χ1n) is 6.03. The van der Waals surface area contributed by atoms with Crippen LogP contribution in [0.4, 0.5) is 0 Å². The largest absolute Gasteiger partial charge is 0.345 e. The molecular formula is C12H25ClN2O. The van der Waals surface area contributed by atoms with Gasteiger partial charge in [-0.1, -0.05) is 19.8 Å². The van der Waals surface area contributed by atoms with Crippen LogP contribution in [-0.4, -0.2) is 30.4 Å². The molecule has 0 saturated heterocycles. The zero-order chi connectivity index (χ0) is 11.4. The standard InChI is InChI=1S/C12H24N2O.ClH/c1-9(10(2)13)12(15)14(3)8-11-6-4-5-7-11;/h9-11H,4-8,13H2,1-3H3;1H. The molecule has 0 aromatic carbocycles. The first-order chi connectivity index (χ1) is 7.02. The molecule has 1 fully saturated rings. The fourth-order valence-corrected chi connectivity index (χ4v) is 2.24. The Labute approximate surface area is 105 Å². The Kier molecular flexibility index (Phi) is 7.00. The van der Waals surface area contributed by atoms with Gasteiger partial charge in [0.25, 0.3) is 0 Å². The minimum absolute atomic E-state index is 0.